The minimum absolute atomic E-state index is 0. The Bertz CT molecular complexity index is 251. The van der Waals surface area contributed by atoms with Gasteiger partial charge in [0.1, 0.15) is 0 Å². The van der Waals surface area contributed by atoms with E-state index in [0.29, 0.717) is 0 Å². The minimum atomic E-state index is -0.270. The molecule has 0 aliphatic heterocycles. The molecule has 0 radical (unpaired) electrons. The van der Waals surface area contributed by atoms with Crippen molar-refractivity contribution in [3.63, 3.8) is 0 Å². The maximum atomic E-state index is 10.8. The Balaban J connectivity index is 0.00000144. The highest BCUT2D eigenvalue weighted by Crippen LogP contribution is 2.16. The van der Waals surface area contributed by atoms with Crippen molar-refractivity contribution in [3.05, 3.63) is 22.4 Å². The molecular formula is C8H12ClNO2S. The van der Waals surface area contributed by atoms with Crippen molar-refractivity contribution in [2.24, 2.45) is 5.73 Å². The van der Waals surface area contributed by atoms with E-state index in [4.69, 9.17) is 5.73 Å². The van der Waals surface area contributed by atoms with E-state index in [-0.39, 0.29) is 30.8 Å². The van der Waals surface area contributed by atoms with Crippen LogP contribution in [0.3, 0.4) is 0 Å². The van der Waals surface area contributed by atoms with Gasteiger partial charge in [0.05, 0.1) is 13.5 Å². The lowest BCUT2D eigenvalue weighted by Gasteiger charge is -2.06. The average Bonchev–Trinajstić information content (AvgIpc) is 2.56. The van der Waals surface area contributed by atoms with Gasteiger partial charge < -0.3 is 10.5 Å². The summed E-state index contributed by atoms with van der Waals surface area (Å²) < 4.78 is 4.50. The molecule has 0 saturated heterocycles. The predicted octanol–water partition coefficient (Wildman–Crippen LogP) is 1.73. The number of carbonyl (C=O) groups is 1. The summed E-state index contributed by atoms with van der Waals surface area (Å²) in [5.41, 5.74) is 6.71. The number of hydrogen-bond acceptors (Lipinski definition) is 4. The molecule has 0 spiro atoms. The summed E-state index contributed by atoms with van der Waals surface area (Å²) in [7, 11) is 1.36. The van der Waals surface area contributed by atoms with Gasteiger partial charge in [-0.3, -0.25) is 4.79 Å². The molecule has 0 fully saturated rings. The van der Waals surface area contributed by atoms with Crippen LogP contribution < -0.4 is 5.73 Å². The Morgan fingerprint density at radius 2 is 2.46 bits per heavy atom. The Labute approximate surface area is 87.3 Å². The van der Waals surface area contributed by atoms with Crippen LogP contribution in [0, 0.1) is 0 Å². The van der Waals surface area contributed by atoms with Gasteiger partial charge in [-0.2, -0.15) is 11.3 Å². The molecule has 0 amide bonds. The zero-order valence-electron chi connectivity index (χ0n) is 7.23. The highest BCUT2D eigenvalue weighted by molar-refractivity contribution is 7.07. The lowest BCUT2D eigenvalue weighted by Crippen LogP contribution is -2.15. The number of esters is 1. The van der Waals surface area contributed by atoms with E-state index in [9.17, 15) is 4.79 Å². The Kier molecular flexibility index (Phi) is 5.70. The quantitative estimate of drug-likeness (QED) is 0.791. The topological polar surface area (TPSA) is 52.3 Å². The third kappa shape index (κ3) is 3.76. The van der Waals surface area contributed by atoms with Gasteiger partial charge in [0.2, 0.25) is 0 Å². The molecule has 3 nitrogen and oxygen atoms in total. The number of hydrogen-bond donors (Lipinski definition) is 1. The van der Waals surface area contributed by atoms with Crippen LogP contribution >= 0.6 is 23.7 Å². The van der Waals surface area contributed by atoms with E-state index in [0.717, 1.165) is 5.56 Å². The van der Waals surface area contributed by atoms with Crippen LogP contribution in [0.1, 0.15) is 18.0 Å². The highest BCUT2D eigenvalue weighted by atomic mass is 35.5. The molecule has 1 rings (SSSR count). The van der Waals surface area contributed by atoms with Crippen LogP contribution in [-0.4, -0.2) is 13.1 Å². The molecule has 1 heterocycles. The smallest absolute Gasteiger partial charge is 0.307 e. The Morgan fingerprint density at radius 1 is 1.77 bits per heavy atom. The number of nitrogens with two attached hydrogens (primary N) is 1. The van der Waals surface area contributed by atoms with E-state index >= 15 is 0 Å². The fraction of sp³-hybridized carbons (Fsp3) is 0.375. The predicted molar refractivity (Wildman–Crippen MR) is 55.1 cm³/mol. The molecule has 1 atom stereocenters. The molecule has 2 N–H and O–H groups in total. The summed E-state index contributed by atoms with van der Waals surface area (Å²) in [6.07, 6.45) is 0.243. The van der Waals surface area contributed by atoms with Crippen LogP contribution in [0.25, 0.3) is 0 Å². The van der Waals surface area contributed by atoms with Gasteiger partial charge in [-0.25, -0.2) is 0 Å². The zero-order valence-corrected chi connectivity index (χ0v) is 8.86. The van der Waals surface area contributed by atoms with Gasteiger partial charge in [-0.1, -0.05) is 0 Å². The fourth-order valence-electron chi connectivity index (χ4n) is 0.867. The first kappa shape index (κ1) is 12.4. The number of carbonyl (C=O) groups excluding carboxylic acids is 1. The van der Waals surface area contributed by atoms with E-state index in [1.54, 1.807) is 11.3 Å². The lowest BCUT2D eigenvalue weighted by molar-refractivity contribution is -0.141. The number of thiophene rings is 1. The van der Waals surface area contributed by atoms with Crippen molar-refractivity contribution >= 4 is 29.7 Å². The molecule has 74 valence electrons. The molecule has 0 aromatic carbocycles. The average molecular weight is 222 g/mol. The summed E-state index contributed by atoms with van der Waals surface area (Å²) >= 11 is 1.57. The van der Waals surface area contributed by atoms with Gasteiger partial charge in [0.25, 0.3) is 0 Å². The van der Waals surface area contributed by atoms with E-state index in [1.807, 2.05) is 16.8 Å². The molecule has 1 aromatic heterocycles. The van der Waals surface area contributed by atoms with Gasteiger partial charge in [0, 0.05) is 6.04 Å². The molecule has 1 unspecified atom stereocenters. The Morgan fingerprint density at radius 3 is 2.92 bits per heavy atom. The first-order chi connectivity index (χ1) is 5.74. The first-order valence-electron chi connectivity index (χ1n) is 3.58. The summed E-state index contributed by atoms with van der Waals surface area (Å²) in [4.78, 5) is 10.8. The first-order valence-corrected chi connectivity index (χ1v) is 4.53. The van der Waals surface area contributed by atoms with Crippen LogP contribution in [0.4, 0.5) is 0 Å². The van der Waals surface area contributed by atoms with Gasteiger partial charge in [0.15, 0.2) is 0 Å². The van der Waals surface area contributed by atoms with Crippen LogP contribution in [0.5, 0.6) is 0 Å². The van der Waals surface area contributed by atoms with Crippen molar-refractivity contribution < 1.29 is 9.53 Å². The molecule has 1 aromatic rings. The molecule has 0 aliphatic carbocycles. The monoisotopic (exact) mass is 221 g/mol. The third-order valence-corrected chi connectivity index (χ3v) is 2.29. The van der Waals surface area contributed by atoms with Crippen molar-refractivity contribution in [3.8, 4) is 0 Å². The normalized spacial score (nSPS) is 11.5. The number of methoxy groups -OCH3 is 1. The summed E-state index contributed by atoms with van der Waals surface area (Å²) in [6.45, 7) is 0. The number of rotatable bonds is 3. The molecular weight excluding hydrogens is 210 g/mol. The summed E-state index contributed by atoms with van der Waals surface area (Å²) in [6, 6.07) is 1.68. The second-order valence-electron chi connectivity index (χ2n) is 2.44. The van der Waals surface area contributed by atoms with Gasteiger partial charge in [-0.15, -0.1) is 12.4 Å². The van der Waals surface area contributed by atoms with Crippen LogP contribution in [0.2, 0.25) is 0 Å². The van der Waals surface area contributed by atoms with E-state index < -0.39 is 0 Å². The standard InChI is InChI=1S/C8H11NO2S.ClH/c1-11-8(10)4-7(9)6-2-3-12-5-6;/h2-3,5,7H,4,9H2,1H3;1H. The lowest BCUT2D eigenvalue weighted by atomic mass is 10.1. The minimum Gasteiger partial charge on any atom is -0.469 e. The number of halogens is 1. The van der Waals surface area contributed by atoms with E-state index in [1.165, 1.54) is 7.11 Å². The van der Waals surface area contributed by atoms with Crippen molar-refractivity contribution in [1.29, 1.82) is 0 Å². The van der Waals surface area contributed by atoms with Crippen molar-refractivity contribution in [2.45, 2.75) is 12.5 Å². The van der Waals surface area contributed by atoms with Gasteiger partial charge in [-0.05, 0) is 22.4 Å². The van der Waals surface area contributed by atoms with Crippen LogP contribution in [-0.2, 0) is 9.53 Å². The molecule has 5 heteroatoms. The SMILES string of the molecule is COC(=O)CC(N)c1ccsc1.Cl. The van der Waals surface area contributed by atoms with Gasteiger partial charge >= 0.3 is 5.97 Å². The third-order valence-electron chi connectivity index (χ3n) is 1.59. The maximum Gasteiger partial charge on any atom is 0.307 e. The maximum absolute atomic E-state index is 10.8. The van der Waals surface area contributed by atoms with E-state index in [2.05, 4.69) is 4.74 Å². The molecule has 13 heavy (non-hydrogen) atoms. The Hall–Kier alpha value is -0.580. The second-order valence-corrected chi connectivity index (χ2v) is 3.22. The van der Waals surface area contributed by atoms with Crippen molar-refractivity contribution in [1.82, 2.24) is 0 Å². The molecule has 0 bridgehead atoms. The van der Waals surface area contributed by atoms with Crippen LogP contribution in [0.15, 0.2) is 16.8 Å². The second kappa shape index (κ2) is 5.96. The number of ether oxygens (including phenoxy) is 1. The molecule has 0 aliphatic rings. The highest BCUT2D eigenvalue weighted by Gasteiger charge is 2.11. The summed E-state index contributed by atoms with van der Waals surface area (Å²) in [5, 5.41) is 3.88. The zero-order chi connectivity index (χ0) is 8.97. The molecule has 0 saturated carbocycles. The van der Waals surface area contributed by atoms with Crippen molar-refractivity contribution in [2.75, 3.05) is 7.11 Å². The fourth-order valence-corrected chi connectivity index (χ4v) is 1.59. The summed E-state index contributed by atoms with van der Waals surface area (Å²) in [5.74, 6) is -0.270. The largest absolute Gasteiger partial charge is 0.469 e.